The number of aryl methyl sites for hydroxylation is 2. The number of alkyl halides is 3. The van der Waals surface area contributed by atoms with Gasteiger partial charge in [-0.25, -0.2) is 0 Å². The van der Waals surface area contributed by atoms with Crippen LogP contribution in [-0.4, -0.2) is 11.3 Å². The van der Waals surface area contributed by atoms with Crippen molar-refractivity contribution in [3.63, 3.8) is 0 Å². The molecule has 2 rings (SSSR count). The van der Waals surface area contributed by atoms with Crippen molar-refractivity contribution in [2.45, 2.75) is 31.5 Å². The number of aliphatic hydroxyl groups is 1. The van der Waals surface area contributed by atoms with Crippen molar-refractivity contribution in [1.29, 1.82) is 0 Å². The lowest BCUT2D eigenvalue weighted by Crippen LogP contribution is -2.42. The van der Waals surface area contributed by atoms with E-state index in [9.17, 15) is 18.3 Å². The summed E-state index contributed by atoms with van der Waals surface area (Å²) in [5.41, 5.74) is -2.41. The van der Waals surface area contributed by atoms with Crippen LogP contribution in [0, 0.1) is 6.92 Å². The highest BCUT2D eigenvalue weighted by Gasteiger charge is 2.54. The Morgan fingerprint density at radius 2 is 1.70 bits per heavy atom. The second-order valence-corrected chi connectivity index (χ2v) is 8.51. The minimum Gasteiger partial charge on any atom is -0.376 e. The Bertz CT molecular complexity index is 677. The van der Waals surface area contributed by atoms with Crippen LogP contribution in [0.3, 0.4) is 0 Å². The summed E-state index contributed by atoms with van der Waals surface area (Å²) in [6, 6.07) is 5.31. The molecule has 2 aromatic rings. The Morgan fingerprint density at radius 3 is 2.13 bits per heavy atom. The Labute approximate surface area is 154 Å². The molecule has 1 aromatic heterocycles. The number of halogens is 6. The number of thiophene rings is 1. The topological polar surface area (TPSA) is 20.2 Å². The quantitative estimate of drug-likeness (QED) is 0.566. The smallest absolute Gasteiger partial charge is 0.376 e. The van der Waals surface area contributed by atoms with Gasteiger partial charge in [0.25, 0.3) is 0 Å². The summed E-state index contributed by atoms with van der Waals surface area (Å²) >= 11 is 16.3. The van der Waals surface area contributed by atoms with Gasteiger partial charge in [0, 0.05) is 14.9 Å². The normalized spacial score (nSPS) is 14.8. The third kappa shape index (κ3) is 4.23. The van der Waals surface area contributed by atoms with Crippen molar-refractivity contribution in [1.82, 2.24) is 0 Å². The van der Waals surface area contributed by atoms with Crippen molar-refractivity contribution in [3.8, 4) is 0 Å². The van der Waals surface area contributed by atoms with Gasteiger partial charge in [-0.2, -0.15) is 13.2 Å². The van der Waals surface area contributed by atoms with E-state index >= 15 is 0 Å². The molecule has 0 aliphatic carbocycles. The molecular formula is C15H12BrCl2F3OS. The zero-order chi connectivity index (χ0) is 17.4. The third-order valence-electron chi connectivity index (χ3n) is 3.45. The average Bonchev–Trinajstić information content (AvgIpc) is 2.72. The first-order valence-electron chi connectivity index (χ1n) is 6.53. The molecule has 0 spiro atoms. The number of hydrogen-bond donors (Lipinski definition) is 1. The molecule has 1 unspecified atom stereocenters. The lowest BCUT2D eigenvalue weighted by molar-refractivity contribution is -0.269. The molecule has 0 bridgehead atoms. The molecule has 1 nitrogen and oxygen atoms in total. The van der Waals surface area contributed by atoms with Gasteiger partial charge in [-0.1, -0.05) is 23.2 Å². The van der Waals surface area contributed by atoms with Crippen LogP contribution < -0.4 is 0 Å². The van der Waals surface area contributed by atoms with Gasteiger partial charge in [-0.05, 0) is 71.1 Å². The minimum absolute atomic E-state index is 0.0462. The Morgan fingerprint density at radius 1 is 1.13 bits per heavy atom. The molecule has 0 saturated carbocycles. The van der Waals surface area contributed by atoms with Gasteiger partial charge in [-0.15, -0.1) is 11.3 Å². The van der Waals surface area contributed by atoms with Gasteiger partial charge in [0.2, 0.25) is 0 Å². The van der Waals surface area contributed by atoms with Gasteiger partial charge >= 0.3 is 6.18 Å². The molecule has 1 aromatic carbocycles. The fourth-order valence-corrected chi connectivity index (χ4v) is 4.35. The summed E-state index contributed by atoms with van der Waals surface area (Å²) in [6.45, 7) is 1.86. The second kappa shape index (κ2) is 6.92. The van der Waals surface area contributed by atoms with Crippen LogP contribution >= 0.6 is 50.5 Å². The largest absolute Gasteiger partial charge is 0.421 e. The summed E-state index contributed by atoms with van der Waals surface area (Å²) in [4.78, 5) is 0.755. The summed E-state index contributed by atoms with van der Waals surface area (Å²) in [5, 5.41) is 10.4. The predicted octanol–water partition coefficient (Wildman–Crippen LogP) is 6.51. The van der Waals surface area contributed by atoms with Gasteiger partial charge < -0.3 is 5.11 Å². The lowest BCUT2D eigenvalue weighted by Gasteiger charge is -2.31. The minimum atomic E-state index is -4.84. The van der Waals surface area contributed by atoms with Crippen molar-refractivity contribution >= 4 is 50.5 Å². The third-order valence-corrected chi connectivity index (χ3v) is 6.08. The fraction of sp³-hybridized carbons (Fsp3) is 0.333. The van der Waals surface area contributed by atoms with Crippen molar-refractivity contribution in [2.24, 2.45) is 0 Å². The van der Waals surface area contributed by atoms with Crippen LogP contribution in [0.1, 0.15) is 22.4 Å². The lowest BCUT2D eigenvalue weighted by atomic mass is 9.88. The van der Waals surface area contributed by atoms with Crippen LogP contribution in [0.25, 0.3) is 0 Å². The number of rotatable bonds is 4. The molecule has 8 heteroatoms. The zero-order valence-electron chi connectivity index (χ0n) is 11.8. The monoisotopic (exact) mass is 446 g/mol. The molecule has 1 heterocycles. The van der Waals surface area contributed by atoms with E-state index in [1.165, 1.54) is 17.4 Å². The van der Waals surface area contributed by atoms with Gasteiger partial charge in [-0.3, -0.25) is 0 Å². The first kappa shape index (κ1) is 19.1. The van der Waals surface area contributed by atoms with Gasteiger partial charge in [0.15, 0.2) is 5.60 Å². The van der Waals surface area contributed by atoms with E-state index in [2.05, 4.69) is 15.9 Å². The van der Waals surface area contributed by atoms with E-state index in [0.717, 1.165) is 26.4 Å². The summed E-state index contributed by atoms with van der Waals surface area (Å²) in [7, 11) is 0. The Kier molecular flexibility index (Phi) is 5.74. The molecule has 0 amide bonds. The van der Waals surface area contributed by atoms with Crippen molar-refractivity contribution < 1.29 is 18.3 Å². The standard InChI is InChI=1S/C15H12BrCl2F3OS/c1-8-4-12(23-13(8)16)2-3-14(22,15(19,20)21)9-5-10(17)7-11(18)6-9/h4-7,22H,2-3H2,1H3. The van der Waals surface area contributed by atoms with Gasteiger partial charge in [0.05, 0.1) is 3.79 Å². The zero-order valence-corrected chi connectivity index (χ0v) is 15.8. The highest BCUT2D eigenvalue weighted by Crippen LogP contribution is 2.44. The molecule has 0 fully saturated rings. The molecule has 0 aliphatic rings. The molecule has 126 valence electrons. The van der Waals surface area contributed by atoms with Crippen LogP contribution in [0.2, 0.25) is 10.0 Å². The molecule has 23 heavy (non-hydrogen) atoms. The van der Waals surface area contributed by atoms with E-state index < -0.39 is 18.2 Å². The van der Waals surface area contributed by atoms with Gasteiger partial charge in [0.1, 0.15) is 0 Å². The average molecular weight is 448 g/mol. The van der Waals surface area contributed by atoms with Crippen LogP contribution in [0.15, 0.2) is 28.1 Å². The predicted molar refractivity (Wildman–Crippen MR) is 91.5 cm³/mol. The summed E-state index contributed by atoms with van der Waals surface area (Å²) in [6.07, 6.45) is -5.28. The van der Waals surface area contributed by atoms with E-state index in [0.29, 0.717) is 0 Å². The fourth-order valence-electron chi connectivity index (χ4n) is 2.19. The first-order chi connectivity index (χ1) is 10.5. The maximum absolute atomic E-state index is 13.5. The summed E-state index contributed by atoms with van der Waals surface area (Å²) in [5.74, 6) is 0. The van der Waals surface area contributed by atoms with E-state index in [1.807, 2.05) is 6.92 Å². The molecule has 1 atom stereocenters. The van der Waals surface area contributed by atoms with Crippen LogP contribution in [0.5, 0.6) is 0 Å². The highest BCUT2D eigenvalue weighted by molar-refractivity contribution is 9.11. The van der Waals surface area contributed by atoms with Crippen molar-refractivity contribution in [3.05, 3.63) is 54.1 Å². The molecular weight excluding hydrogens is 436 g/mol. The molecule has 0 saturated heterocycles. The second-order valence-electron chi connectivity index (χ2n) is 5.19. The van der Waals surface area contributed by atoms with E-state index in [-0.39, 0.29) is 22.0 Å². The first-order valence-corrected chi connectivity index (χ1v) is 8.90. The van der Waals surface area contributed by atoms with Crippen LogP contribution in [-0.2, 0) is 12.0 Å². The number of hydrogen-bond acceptors (Lipinski definition) is 2. The number of benzene rings is 1. The maximum atomic E-state index is 13.5. The van der Waals surface area contributed by atoms with Crippen molar-refractivity contribution in [2.75, 3.05) is 0 Å². The SMILES string of the molecule is Cc1cc(CCC(O)(c2cc(Cl)cc(Cl)c2)C(F)(F)F)sc1Br. The molecule has 0 radical (unpaired) electrons. The highest BCUT2D eigenvalue weighted by atomic mass is 79.9. The molecule has 0 aliphatic heterocycles. The molecule has 1 N–H and O–H groups in total. The Balaban J connectivity index is 2.35. The Hall–Kier alpha value is -0.270. The van der Waals surface area contributed by atoms with E-state index in [4.69, 9.17) is 23.2 Å². The maximum Gasteiger partial charge on any atom is 0.421 e. The van der Waals surface area contributed by atoms with Crippen LogP contribution in [0.4, 0.5) is 13.2 Å². The summed E-state index contributed by atoms with van der Waals surface area (Å²) < 4.78 is 41.4. The van der Waals surface area contributed by atoms with E-state index in [1.54, 1.807) is 6.07 Å².